The maximum Gasteiger partial charge on any atom is 0.284 e. The van der Waals surface area contributed by atoms with Gasteiger partial charge in [-0.1, -0.05) is 6.92 Å². The smallest absolute Gasteiger partial charge is 0.284 e. The summed E-state index contributed by atoms with van der Waals surface area (Å²) in [7, 11) is 0. The molecule has 2 fully saturated rings. The lowest BCUT2D eigenvalue weighted by Crippen LogP contribution is -2.17. The highest BCUT2D eigenvalue weighted by molar-refractivity contribution is 6.08. The first kappa shape index (κ1) is 19.1. The van der Waals surface area contributed by atoms with Crippen LogP contribution in [0.4, 0.5) is 14.5 Å². The van der Waals surface area contributed by atoms with E-state index in [2.05, 4.69) is 27.4 Å². The first-order valence-electron chi connectivity index (χ1n) is 10.5. The van der Waals surface area contributed by atoms with Crippen LogP contribution in [0.15, 0.2) is 24.7 Å². The van der Waals surface area contributed by atoms with Gasteiger partial charge in [0, 0.05) is 24.0 Å². The summed E-state index contributed by atoms with van der Waals surface area (Å²) in [4.78, 5) is 17.2. The predicted octanol–water partition coefficient (Wildman–Crippen LogP) is 4.74. The van der Waals surface area contributed by atoms with Gasteiger partial charge in [0.15, 0.2) is 11.3 Å². The number of rotatable bonds is 5. The van der Waals surface area contributed by atoms with Crippen LogP contribution in [0.3, 0.4) is 0 Å². The third-order valence-corrected chi connectivity index (χ3v) is 6.25. The van der Waals surface area contributed by atoms with E-state index in [0.717, 1.165) is 44.2 Å². The van der Waals surface area contributed by atoms with E-state index in [9.17, 15) is 13.6 Å². The molecule has 3 aromatic heterocycles. The first-order valence-corrected chi connectivity index (χ1v) is 10.5. The van der Waals surface area contributed by atoms with E-state index in [-0.39, 0.29) is 17.3 Å². The van der Waals surface area contributed by atoms with Gasteiger partial charge in [0.2, 0.25) is 0 Å². The molecule has 9 heteroatoms. The van der Waals surface area contributed by atoms with Crippen LogP contribution >= 0.6 is 0 Å². The molecule has 0 saturated heterocycles. The molecular formula is C21H24F2N6O. The van der Waals surface area contributed by atoms with Crippen molar-refractivity contribution < 1.29 is 13.6 Å². The Bertz CT molecular complexity index is 1080. The maximum atomic E-state index is 13.6. The minimum absolute atomic E-state index is 0.0475. The number of aromatic nitrogens is 5. The van der Waals surface area contributed by atoms with Crippen LogP contribution in [0.25, 0.3) is 5.65 Å². The molecule has 7 nitrogen and oxygen atoms in total. The first-order chi connectivity index (χ1) is 14.5. The lowest BCUT2D eigenvalue weighted by Gasteiger charge is -2.26. The van der Waals surface area contributed by atoms with E-state index in [0.29, 0.717) is 17.5 Å². The highest BCUT2D eigenvalue weighted by atomic mass is 19.3. The molecule has 5 rings (SSSR count). The third kappa shape index (κ3) is 3.46. The fourth-order valence-electron chi connectivity index (χ4n) is 4.31. The monoisotopic (exact) mass is 414 g/mol. The van der Waals surface area contributed by atoms with Gasteiger partial charge in [-0.05, 0) is 50.5 Å². The lowest BCUT2D eigenvalue weighted by atomic mass is 9.87. The largest absolute Gasteiger partial charge is 0.319 e. The Labute approximate surface area is 172 Å². The fourth-order valence-corrected chi connectivity index (χ4v) is 4.31. The Morgan fingerprint density at radius 3 is 2.67 bits per heavy atom. The summed E-state index contributed by atoms with van der Waals surface area (Å²) in [5, 5.41) is 11.0. The maximum absolute atomic E-state index is 13.6. The molecule has 0 spiro atoms. The van der Waals surface area contributed by atoms with Gasteiger partial charge in [-0.2, -0.15) is 10.2 Å². The molecule has 158 valence electrons. The molecule has 1 amide bonds. The van der Waals surface area contributed by atoms with Crippen LogP contribution in [-0.2, 0) is 0 Å². The second-order valence-corrected chi connectivity index (χ2v) is 8.51. The molecule has 30 heavy (non-hydrogen) atoms. The second kappa shape index (κ2) is 7.45. The van der Waals surface area contributed by atoms with Crippen LogP contribution in [-0.4, -0.2) is 30.3 Å². The summed E-state index contributed by atoms with van der Waals surface area (Å²) in [6.07, 6.45) is 7.96. The zero-order chi connectivity index (χ0) is 20.8. The number of halogens is 2. The van der Waals surface area contributed by atoms with Crippen molar-refractivity contribution in [2.75, 3.05) is 5.32 Å². The summed E-state index contributed by atoms with van der Waals surface area (Å²) in [5.41, 5.74) is 1.36. The molecule has 2 aliphatic carbocycles. The van der Waals surface area contributed by atoms with Crippen molar-refractivity contribution in [1.29, 1.82) is 0 Å². The molecule has 0 aromatic carbocycles. The summed E-state index contributed by atoms with van der Waals surface area (Å²) in [6, 6.07) is 1.99. The van der Waals surface area contributed by atoms with Gasteiger partial charge in [0.05, 0.1) is 17.9 Å². The summed E-state index contributed by atoms with van der Waals surface area (Å²) in [5.74, 6) is 0.576. The number of alkyl halides is 2. The van der Waals surface area contributed by atoms with Crippen molar-refractivity contribution in [3.8, 4) is 0 Å². The minimum atomic E-state index is -2.77. The number of carbonyl (C=O) groups excluding carboxylic acids is 1. The van der Waals surface area contributed by atoms with Crippen LogP contribution in [0, 0.1) is 5.92 Å². The van der Waals surface area contributed by atoms with E-state index in [1.807, 2.05) is 6.07 Å². The summed E-state index contributed by atoms with van der Waals surface area (Å²) in [6.45, 7) is 2.20. The second-order valence-electron chi connectivity index (χ2n) is 8.51. The number of hydrogen-bond acceptors (Lipinski definition) is 4. The normalized spacial score (nSPS) is 22.0. The van der Waals surface area contributed by atoms with E-state index < -0.39 is 18.0 Å². The van der Waals surface area contributed by atoms with E-state index in [4.69, 9.17) is 0 Å². The molecule has 2 saturated carbocycles. The van der Waals surface area contributed by atoms with Crippen molar-refractivity contribution in [3.63, 3.8) is 0 Å². The van der Waals surface area contributed by atoms with Gasteiger partial charge in [-0.3, -0.25) is 9.48 Å². The van der Waals surface area contributed by atoms with Gasteiger partial charge < -0.3 is 5.32 Å². The van der Waals surface area contributed by atoms with Crippen molar-refractivity contribution in [3.05, 3.63) is 41.6 Å². The Hall–Kier alpha value is -2.84. The van der Waals surface area contributed by atoms with Crippen molar-refractivity contribution in [2.45, 2.75) is 63.8 Å². The average molecular weight is 414 g/mol. The van der Waals surface area contributed by atoms with Gasteiger partial charge in [-0.15, -0.1) is 0 Å². The van der Waals surface area contributed by atoms with Crippen LogP contribution in [0.2, 0.25) is 0 Å². The summed E-state index contributed by atoms with van der Waals surface area (Å²) >= 11 is 0. The Morgan fingerprint density at radius 2 is 1.97 bits per heavy atom. The SMILES string of the molecule is CC1CCC(n2cc(NC(=O)c3cnn4c(C5CC5)ccnc34)c(C(F)F)n2)CC1. The molecular weight excluding hydrogens is 390 g/mol. The Morgan fingerprint density at radius 1 is 1.20 bits per heavy atom. The van der Waals surface area contributed by atoms with Gasteiger partial charge in [-0.25, -0.2) is 18.3 Å². The van der Waals surface area contributed by atoms with Crippen LogP contribution in [0.1, 0.15) is 85.6 Å². The highest BCUT2D eigenvalue weighted by Crippen LogP contribution is 2.40. The number of nitrogens with one attached hydrogen (secondary N) is 1. The van der Waals surface area contributed by atoms with E-state index >= 15 is 0 Å². The molecule has 3 heterocycles. The molecule has 0 aliphatic heterocycles. The third-order valence-electron chi connectivity index (χ3n) is 6.25. The number of nitrogens with zero attached hydrogens (tertiary/aromatic N) is 5. The van der Waals surface area contributed by atoms with Crippen molar-refractivity contribution in [2.24, 2.45) is 5.92 Å². The molecule has 0 atom stereocenters. The number of fused-ring (bicyclic) bond motifs is 1. The number of carbonyl (C=O) groups is 1. The lowest BCUT2D eigenvalue weighted by molar-refractivity contribution is 0.102. The zero-order valence-corrected chi connectivity index (χ0v) is 16.8. The topological polar surface area (TPSA) is 77.1 Å². The van der Waals surface area contributed by atoms with E-state index in [1.165, 1.54) is 12.4 Å². The molecule has 0 radical (unpaired) electrons. The zero-order valence-electron chi connectivity index (χ0n) is 16.8. The number of anilines is 1. The van der Waals surface area contributed by atoms with E-state index in [1.54, 1.807) is 15.4 Å². The standard InChI is InChI=1S/C21H24F2N6O/c1-12-2-6-14(7-3-12)28-11-16(18(27-28)19(22)23)26-21(30)15-10-25-29-17(13-4-5-13)8-9-24-20(15)29/h8-14,19H,2-7H2,1H3,(H,26,30). The summed E-state index contributed by atoms with van der Waals surface area (Å²) < 4.78 is 30.5. The Kier molecular flexibility index (Phi) is 4.75. The quantitative estimate of drug-likeness (QED) is 0.654. The molecule has 3 aromatic rings. The minimum Gasteiger partial charge on any atom is -0.319 e. The fraction of sp³-hybridized carbons (Fsp3) is 0.524. The van der Waals surface area contributed by atoms with Crippen molar-refractivity contribution >= 4 is 17.2 Å². The van der Waals surface area contributed by atoms with Gasteiger partial charge >= 0.3 is 0 Å². The highest BCUT2D eigenvalue weighted by Gasteiger charge is 2.29. The van der Waals surface area contributed by atoms with Crippen LogP contribution in [0.5, 0.6) is 0 Å². The molecule has 2 aliphatic rings. The molecule has 0 unspecified atom stereocenters. The Balaban J connectivity index is 1.42. The number of amides is 1. The molecule has 1 N–H and O–H groups in total. The van der Waals surface area contributed by atoms with Gasteiger partial charge in [0.25, 0.3) is 12.3 Å². The van der Waals surface area contributed by atoms with Gasteiger partial charge in [0.1, 0.15) is 5.56 Å². The molecule has 0 bridgehead atoms. The average Bonchev–Trinajstić information content (AvgIpc) is 3.34. The predicted molar refractivity (Wildman–Crippen MR) is 107 cm³/mol. The number of hydrogen-bond donors (Lipinski definition) is 1. The van der Waals surface area contributed by atoms with Crippen LogP contribution < -0.4 is 5.32 Å². The van der Waals surface area contributed by atoms with Crippen molar-refractivity contribution in [1.82, 2.24) is 24.4 Å².